The van der Waals surface area contributed by atoms with Crippen molar-refractivity contribution in [1.82, 2.24) is 9.97 Å². The lowest BCUT2D eigenvalue weighted by Crippen LogP contribution is -2.46. The summed E-state index contributed by atoms with van der Waals surface area (Å²) in [5.74, 6) is 1.71. The first-order chi connectivity index (χ1) is 14.3. The Labute approximate surface area is 177 Å². The second-order valence-electron chi connectivity index (χ2n) is 6.81. The number of benzene rings is 2. The van der Waals surface area contributed by atoms with Crippen molar-refractivity contribution in [2.75, 3.05) is 49.7 Å². The van der Waals surface area contributed by atoms with Crippen LogP contribution in [-0.2, 0) is 0 Å². The van der Waals surface area contributed by atoms with Crippen molar-refractivity contribution in [1.29, 1.82) is 0 Å². The minimum absolute atomic E-state index is 0.650. The highest BCUT2D eigenvalue weighted by atomic mass is 32.1. The van der Waals surface area contributed by atoms with E-state index in [1.54, 1.807) is 29.8 Å². The summed E-state index contributed by atoms with van der Waals surface area (Å²) in [5.41, 5.74) is 1.92. The van der Waals surface area contributed by atoms with Gasteiger partial charge < -0.3 is 19.3 Å². The fourth-order valence-corrected chi connectivity index (χ4v) is 5.69. The van der Waals surface area contributed by atoms with Gasteiger partial charge in [0.2, 0.25) is 0 Å². The fourth-order valence-electron chi connectivity index (χ4n) is 3.62. The van der Waals surface area contributed by atoms with E-state index in [2.05, 4.69) is 21.9 Å². The minimum atomic E-state index is 0.650. The molecule has 0 amide bonds. The van der Waals surface area contributed by atoms with Crippen LogP contribution in [0.15, 0.2) is 36.4 Å². The molecule has 2 aromatic carbocycles. The second kappa shape index (κ2) is 7.68. The van der Waals surface area contributed by atoms with Gasteiger partial charge in [-0.1, -0.05) is 34.8 Å². The molecule has 3 heterocycles. The van der Waals surface area contributed by atoms with Crippen molar-refractivity contribution in [3.63, 3.8) is 0 Å². The molecule has 0 N–H and O–H groups in total. The molecule has 0 bridgehead atoms. The first kappa shape index (κ1) is 18.4. The number of nitrogens with zero attached hydrogens (tertiary/aromatic N) is 4. The molecule has 6 nitrogen and oxygen atoms in total. The van der Waals surface area contributed by atoms with E-state index in [4.69, 9.17) is 19.4 Å². The Hall–Kier alpha value is -2.58. The Kier molecular flexibility index (Phi) is 4.89. The number of hydrogen-bond donors (Lipinski definition) is 0. The van der Waals surface area contributed by atoms with Gasteiger partial charge in [-0.05, 0) is 31.2 Å². The smallest absolute Gasteiger partial charge is 0.186 e. The van der Waals surface area contributed by atoms with Crippen molar-refractivity contribution in [2.45, 2.75) is 6.92 Å². The van der Waals surface area contributed by atoms with Crippen molar-refractivity contribution in [2.24, 2.45) is 0 Å². The van der Waals surface area contributed by atoms with Crippen LogP contribution in [0.5, 0.6) is 11.5 Å². The molecule has 4 aromatic rings. The highest BCUT2D eigenvalue weighted by molar-refractivity contribution is 7.22. The van der Waals surface area contributed by atoms with E-state index in [9.17, 15) is 0 Å². The number of anilines is 2. The third-order valence-electron chi connectivity index (χ3n) is 5.08. The quantitative estimate of drug-likeness (QED) is 0.463. The summed E-state index contributed by atoms with van der Waals surface area (Å²) in [5, 5.41) is 2.13. The minimum Gasteiger partial charge on any atom is -0.494 e. The van der Waals surface area contributed by atoms with Gasteiger partial charge in [0.15, 0.2) is 10.3 Å². The van der Waals surface area contributed by atoms with E-state index in [1.165, 1.54) is 4.70 Å². The number of thiazole rings is 2. The topological polar surface area (TPSA) is 50.7 Å². The van der Waals surface area contributed by atoms with E-state index < -0.39 is 0 Å². The van der Waals surface area contributed by atoms with Gasteiger partial charge in [0, 0.05) is 26.2 Å². The van der Waals surface area contributed by atoms with Gasteiger partial charge in [-0.25, -0.2) is 9.97 Å². The number of aromatic nitrogens is 2. The van der Waals surface area contributed by atoms with Gasteiger partial charge in [0.1, 0.15) is 22.5 Å². The molecule has 1 saturated heterocycles. The first-order valence-electron chi connectivity index (χ1n) is 9.72. The number of methoxy groups -OCH3 is 1. The molecule has 0 aliphatic carbocycles. The van der Waals surface area contributed by atoms with Crippen molar-refractivity contribution >= 4 is 53.4 Å². The maximum absolute atomic E-state index is 5.74. The first-order valence-corrected chi connectivity index (χ1v) is 11.4. The molecular formula is C21H22N4O2S2. The van der Waals surface area contributed by atoms with Gasteiger partial charge in [0.05, 0.1) is 23.1 Å². The van der Waals surface area contributed by atoms with E-state index in [0.717, 1.165) is 63.7 Å². The molecular weight excluding hydrogens is 404 g/mol. The molecule has 5 rings (SSSR count). The van der Waals surface area contributed by atoms with Crippen LogP contribution in [-0.4, -0.2) is 49.9 Å². The van der Waals surface area contributed by atoms with Crippen LogP contribution >= 0.6 is 22.7 Å². The highest BCUT2D eigenvalue weighted by Crippen LogP contribution is 2.36. The Morgan fingerprint density at radius 3 is 1.86 bits per heavy atom. The van der Waals surface area contributed by atoms with E-state index in [1.807, 2.05) is 31.2 Å². The number of ether oxygens (including phenoxy) is 2. The number of piperazine rings is 1. The lowest BCUT2D eigenvalue weighted by Gasteiger charge is -2.34. The Balaban J connectivity index is 1.34. The number of rotatable bonds is 5. The van der Waals surface area contributed by atoms with Crippen LogP contribution < -0.4 is 19.3 Å². The highest BCUT2D eigenvalue weighted by Gasteiger charge is 2.23. The zero-order chi connectivity index (χ0) is 19.8. The van der Waals surface area contributed by atoms with Crippen molar-refractivity contribution in [3.05, 3.63) is 36.4 Å². The molecule has 0 radical (unpaired) electrons. The summed E-state index contributed by atoms with van der Waals surface area (Å²) in [7, 11) is 1.70. The molecule has 0 unspecified atom stereocenters. The molecule has 8 heteroatoms. The van der Waals surface area contributed by atoms with Crippen LogP contribution in [0.1, 0.15) is 6.92 Å². The molecule has 2 aromatic heterocycles. The van der Waals surface area contributed by atoms with Crippen LogP contribution in [0.2, 0.25) is 0 Å². The third kappa shape index (κ3) is 3.36. The number of hydrogen-bond acceptors (Lipinski definition) is 8. The maximum atomic E-state index is 5.74. The van der Waals surface area contributed by atoms with E-state index >= 15 is 0 Å². The zero-order valence-corrected chi connectivity index (χ0v) is 18.1. The molecule has 0 saturated carbocycles. The normalized spacial score (nSPS) is 14.7. The van der Waals surface area contributed by atoms with Crippen molar-refractivity contribution in [3.8, 4) is 11.5 Å². The second-order valence-corrected chi connectivity index (χ2v) is 8.83. The molecule has 1 aliphatic rings. The van der Waals surface area contributed by atoms with Crippen LogP contribution in [0.4, 0.5) is 10.3 Å². The summed E-state index contributed by atoms with van der Waals surface area (Å²) < 4.78 is 13.5. The molecule has 0 atom stereocenters. The van der Waals surface area contributed by atoms with Crippen LogP contribution in [0, 0.1) is 0 Å². The van der Waals surface area contributed by atoms with Crippen LogP contribution in [0.25, 0.3) is 20.4 Å². The zero-order valence-electron chi connectivity index (χ0n) is 16.4. The lowest BCUT2D eigenvalue weighted by molar-refractivity contribution is 0.344. The number of fused-ring (bicyclic) bond motifs is 2. The third-order valence-corrected chi connectivity index (χ3v) is 7.24. The van der Waals surface area contributed by atoms with Gasteiger partial charge in [-0.15, -0.1) is 0 Å². The summed E-state index contributed by atoms with van der Waals surface area (Å²) >= 11 is 3.46. The van der Waals surface area contributed by atoms with Gasteiger partial charge in [-0.3, -0.25) is 0 Å². The molecule has 1 fully saturated rings. The average molecular weight is 427 g/mol. The van der Waals surface area contributed by atoms with Gasteiger partial charge in [0.25, 0.3) is 0 Å². The largest absolute Gasteiger partial charge is 0.494 e. The SMILES string of the molecule is CCOc1cccc2sc(N3CCN(c4nc5c(OC)cccc5s4)CC3)nc12. The summed E-state index contributed by atoms with van der Waals surface area (Å²) in [6, 6.07) is 12.2. The van der Waals surface area contributed by atoms with Crippen molar-refractivity contribution < 1.29 is 9.47 Å². The Morgan fingerprint density at radius 1 is 0.828 bits per heavy atom. The maximum Gasteiger partial charge on any atom is 0.186 e. The van der Waals surface area contributed by atoms with Gasteiger partial charge >= 0.3 is 0 Å². The monoisotopic (exact) mass is 426 g/mol. The Bertz CT molecular complexity index is 1150. The van der Waals surface area contributed by atoms with Crippen LogP contribution in [0.3, 0.4) is 0 Å². The molecule has 0 spiro atoms. The standard InChI is InChI=1S/C21H22N4O2S2/c1-3-27-15-7-5-9-17-19(15)23-21(29-17)25-12-10-24(11-13-25)20-22-18-14(26-2)6-4-8-16(18)28-20/h4-9H,3,10-13H2,1-2H3. The predicted molar refractivity (Wildman–Crippen MR) is 121 cm³/mol. The van der Waals surface area contributed by atoms with Gasteiger partial charge in [-0.2, -0.15) is 0 Å². The summed E-state index contributed by atoms with van der Waals surface area (Å²) in [6.45, 7) is 6.36. The Morgan fingerprint density at radius 2 is 1.34 bits per heavy atom. The number of para-hydroxylation sites is 2. The predicted octanol–water partition coefficient (Wildman–Crippen LogP) is 4.64. The molecule has 1 aliphatic heterocycles. The van der Waals surface area contributed by atoms with E-state index in [-0.39, 0.29) is 0 Å². The van der Waals surface area contributed by atoms with E-state index in [0.29, 0.717) is 6.61 Å². The lowest BCUT2D eigenvalue weighted by atomic mass is 10.3. The molecule has 29 heavy (non-hydrogen) atoms. The average Bonchev–Trinajstić information content (AvgIpc) is 3.39. The fraction of sp³-hybridized carbons (Fsp3) is 0.333. The summed E-state index contributed by atoms with van der Waals surface area (Å²) in [4.78, 5) is 14.5. The molecule has 150 valence electrons. The summed E-state index contributed by atoms with van der Waals surface area (Å²) in [6.07, 6.45) is 0.